The molecule has 0 radical (unpaired) electrons. The zero-order valence-corrected chi connectivity index (χ0v) is 16.4. The van der Waals surface area contributed by atoms with Crippen LogP contribution in [0.15, 0.2) is 47.4 Å². The summed E-state index contributed by atoms with van der Waals surface area (Å²) in [4.78, 5) is 12.0. The van der Waals surface area contributed by atoms with Crippen molar-refractivity contribution in [2.24, 2.45) is 0 Å². The number of esters is 1. The van der Waals surface area contributed by atoms with Gasteiger partial charge < -0.3 is 18.9 Å². The van der Waals surface area contributed by atoms with Gasteiger partial charge in [-0.05, 0) is 43.3 Å². The zero-order chi connectivity index (χ0) is 20.1. The molecule has 1 aliphatic heterocycles. The van der Waals surface area contributed by atoms with Gasteiger partial charge in [0.2, 0.25) is 0 Å². The van der Waals surface area contributed by atoms with Crippen molar-refractivity contribution in [3.63, 3.8) is 0 Å². The van der Waals surface area contributed by atoms with E-state index >= 15 is 0 Å². The Morgan fingerprint density at radius 1 is 1.07 bits per heavy atom. The fraction of sp³-hybridized carbons (Fsp3) is 0.316. The van der Waals surface area contributed by atoms with E-state index in [1.54, 1.807) is 31.2 Å². The van der Waals surface area contributed by atoms with E-state index in [0.29, 0.717) is 36.1 Å². The first kappa shape index (κ1) is 19.8. The summed E-state index contributed by atoms with van der Waals surface area (Å²) in [5, 5.41) is 0. The summed E-state index contributed by atoms with van der Waals surface area (Å²) in [5.41, 5.74) is 0.309. The van der Waals surface area contributed by atoms with Crippen molar-refractivity contribution < 1.29 is 32.2 Å². The quantitative estimate of drug-likeness (QED) is 0.650. The van der Waals surface area contributed by atoms with Crippen molar-refractivity contribution in [2.45, 2.75) is 11.8 Å². The van der Waals surface area contributed by atoms with Gasteiger partial charge in [0.1, 0.15) is 25.5 Å². The molecule has 8 nitrogen and oxygen atoms in total. The maximum atomic E-state index is 13.3. The van der Waals surface area contributed by atoms with Gasteiger partial charge in [0.05, 0.1) is 24.3 Å². The second-order valence-corrected chi connectivity index (χ2v) is 7.68. The van der Waals surface area contributed by atoms with E-state index < -0.39 is 22.5 Å². The predicted octanol–water partition coefficient (Wildman–Crippen LogP) is 2.22. The Kier molecular flexibility index (Phi) is 5.93. The molecule has 3 rings (SSSR count). The highest BCUT2D eigenvalue weighted by Gasteiger charge is 2.29. The largest absolute Gasteiger partial charge is 0.497 e. The SMILES string of the molecule is CCOC(=O)CN(c1ccc(OC)cc1)S(=O)(=O)c1ccc2c(c1)OCCO2. The van der Waals surface area contributed by atoms with E-state index in [1.807, 2.05) is 0 Å². The lowest BCUT2D eigenvalue weighted by Gasteiger charge is -2.25. The van der Waals surface area contributed by atoms with Gasteiger partial charge in [-0.15, -0.1) is 0 Å². The lowest BCUT2D eigenvalue weighted by atomic mass is 10.3. The zero-order valence-electron chi connectivity index (χ0n) is 15.6. The molecular formula is C19H21NO7S. The number of methoxy groups -OCH3 is 1. The van der Waals surface area contributed by atoms with Crippen LogP contribution < -0.4 is 18.5 Å². The number of carbonyl (C=O) groups excluding carboxylic acids is 1. The number of fused-ring (bicyclic) bond motifs is 1. The molecule has 2 aromatic rings. The van der Waals surface area contributed by atoms with Crippen LogP contribution in [-0.2, 0) is 19.6 Å². The van der Waals surface area contributed by atoms with Gasteiger partial charge in [0, 0.05) is 6.07 Å². The molecule has 0 aromatic heterocycles. The highest BCUT2D eigenvalue weighted by Crippen LogP contribution is 2.34. The van der Waals surface area contributed by atoms with E-state index in [1.165, 1.54) is 25.3 Å². The number of sulfonamides is 1. The maximum Gasteiger partial charge on any atom is 0.326 e. The molecule has 0 bridgehead atoms. The number of hydrogen-bond acceptors (Lipinski definition) is 7. The minimum absolute atomic E-state index is 0.0168. The molecule has 1 heterocycles. The molecular weight excluding hydrogens is 386 g/mol. The summed E-state index contributed by atoms with van der Waals surface area (Å²) < 4.78 is 48.6. The van der Waals surface area contributed by atoms with Gasteiger partial charge in [-0.25, -0.2) is 8.42 Å². The molecule has 0 unspecified atom stereocenters. The predicted molar refractivity (Wildman–Crippen MR) is 102 cm³/mol. The Balaban J connectivity index is 2.00. The molecule has 150 valence electrons. The monoisotopic (exact) mass is 407 g/mol. The standard InChI is InChI=1S/C19H21NO7S/c1-3-25-19(21)13-20(14-4-6-15(24-2)7-5-14)28(22,23)16-8-9-17-18(12-16)27-11-10-26-17/h4-9,12H,3,10-11,13H2,1-2H3. The van der Waals surface area contributed by atoms with Crippen molar-refractivity contribution in [1.29, 1.82) is 0 Å². The van der Waals surface area contributed by atoms with Gasteiger partial charge >= 0.3 is 5.97 Å². The van der Waals surface area contributed by atoms with Crippen LogP contribution in [0.5, 0.6) is 17.2 Å². The molecule has 0 spiro atoms. The average molecular weight is 407 g/mol. The number of rotatable bonds is 7. The van der Waals surface area contributed by atoms with Gasteiger partial charge in [0.25, 0.3) is 10.0 Å². The fourth-order valence-electron chi connectivity index (χ4n) is 2.70. The van der Waals surface area contributed by atoms with Crippen LogP contribution in [0.1, 0.15) is 6.92 Å². The second-order valence-electron chi connectivity index (χ2n) is 5.82. The van der Waals surface area contributed by atoms with E-state index in [9.17, 15) is 13.2 Å². The molecule has 0 atom stereocenters. The lowest BCUT2D eigenvalue weighted by molar-refractivity contribution is -0.141. The Morgan fingerprint density at radius 3 is 2.39 bits per heavy atom. The van der Waals surface area contributed by atoms with Crippen LogP contribution in [0, 0.1) is 0 Å². The summed E-state index contributed by atoms with van der Waals surface area (Å²) in [5.74, 6) is 0.737. The normalized spacial score (nSPS) is 12.9. The highest BCUT2D eigenvalue weighted by molar-refractivity contribution is 7.92. The molecule has 0 amide bonds. The number of hydrogen-bond donors (Lipinski definition) is 0. The third kappa shape index (κ3) is 4.14. The lowest BCUT2D eigenvalue weighted by Crippen LogP contribution is -2.36. The average Bonchev–Trinajstić information content (AvgIpc) is 2.72. The molecule has 0 aliphatic carbocycles. The number of carbonyl (C=O) groups is 1. The van der Waals surface area contributed by atoms with Crippen LogP contribution in [0.25, 0.3) is 0 Å². The first-order chi connectivity index (χ1) is 13.5. The molecule has 0 saturated carbocycles. The van der Waals surface area contributed by atoms with E-state index in [4.69, 9.17) is 18.9 Å². The summed E-state index contributed by atoms with van der Waals surface area (Å²) in [6.07, 6.45) is 0. The van der Waals surface area contributed by atoms with Crippen molar-refractivity contribution >= 4 is 21.7 Å². The Hall–Kier alpha value is -2.94. The fourth-order valence-corrected chi connectivity index (χ4v) is 4.12. The number of ether oxygens (including phenoxy) is 4. The molecule has 9 heteroatoms. The first-order valence-electron chi connectivity index (χ1n) is 8.67. The summed E-state index contributed by atoms with van der Waals surface area (Å²) in [7, 11) is -2.55. The minimum Gasteiger partial charge on any atom is -0.497 e. The summed E-state index contributed by atoms with van der Waals surface area (Å²) >= 11 is 0. The van der Waals surface area contributed by atoms with E-state index in [0.717, 1.165) is 4.31 Å². The minimum atomic E-state index is -4.06. The molecule has 1 aliphatic rings. The topological polar surface area (TPSA) is 91.4 Å². The maximum absolute atomic E-state index is 13.3. The Labute approximate surface area is 163 Å². The molecule has 2 aromatic carbocycles. The van der Waals surface area contributed by atoms with Crippen LogP contribution in [0.2, 0.25) is 0 Å². The van der Waals surface area contributed by atoms with Gasteiger partial charge in [-0.2, -0.15) is 0 Å². The van der Waals surface area contributed by atoms with E-state index in [2.05, 4.69) is 0 Å². The molecule has 0 N–H and O–H groups in total. The van der Waals surface area contributed by atoms with Gasteiger partial charge in [-0.1, -0.05) is 0 Å². The second kappa shape index (κ2) is 8.39. The van der Waals surface area contributed by atoms with Crippen LogP contribution >= 0.6 is 0 Å². The Morgan fingerprint density at radius 2 is 1.75 bits per heavy atom. The van der Waals surface area contributed by atoms with Crippen LogP contribution in [0.4, 0.5) is 5.69 Å². The van der Waals surface area contributed by atoms with Gasteiger partial charge in [-0.3, -0.25) is 9.10 Å². The Bertz CT molecular complexity index is 941. The summed E-state index contributed by atoms with van der Waals surface area (Å²) in [6, 6.07) is 10.7. The number of anilines is 1. The summed E-state index contributed by atoms with van der Waals surface area (Å²) in [6.45, 7) is 2.09. The van der Waals surface area contributed by atoms with E-state index in [-0.39, 0.29) is 11.5 Å². The van der Waals surface area contributed by atoms with Crippen molar-refractivity contribution in [1.82, 2.24) is 0 Å². The number of nitrogens with zero attached hydrogens (tertiary/aromatic N) is 1. The van der Waals surface area contributed by atoms with Crippen molar-refractivity contribution in [2.75, 3.05) is 37.8 Å². The third-order valence-corrected chi connectivity index (χ3v) is 5.81. The molecule has 28 heavy (non-hydrogen) atoms. The third-order valence-electron chi connectivity index (χ3n) is 4.04. The van der Waals surface area contributed by atoms with Gasteiger partial charge in [0.15, 0.2) is 11.5 Å². The molecule has 0 saturated heterocycles. The van der Waals surface area contributed by atoms with Crippen molar-refractivity contribution in [3.05, 3.63) is 42.5 Å². The number of benzene rings is 2. The van der Waals surface area contributed by atoms with Crippen LogP contribution in [-0.4, -0.2) is 47.9 Å². The smallest absolute Gasteiger partial charge is 0.326 e. The molecule has 0 fully saturated rings. The highest BCUT2D eigenvalue weighted by atomic mass is 32.2. The first-order valence-corrected chi connectivity index (χ1v) is 10.1. The van der Waals surface area contributed by atoms with Crippen LogP contribution in [0.3, 0.4) is 0 Å². The van der Waals surface area contributed by atoms with Crippen molar-refractivity contribution in [3.8, 4) is 17.2 Å².